The number of rotatable bonds is 9. The van der Waals surface area contributed by atoms with Crippen LogP contribution in [0.5, 0.6) is 11.5 Å². The number of halogens is 1. The van der Waals surface area contributed by atoms with Gasteiger partial charge in [-0.05, 0) is 73.5 Å². The van der Waals surface area contributed by atoms with Crippen molar-refractivity contribution in [2.45, 2.75) is 20.5 Å². The Kier molecular flexibility index (Phi) is 8.31. The highest BCUT2D eigenvalue weighted by molar-refractivity contribution is 6.34. The lowest BCUT2D eigenvalue weighted by Crippen LogP contribution is -2.21. The number of carboxylic acids is 1. The summed E-state index contributed by atoms with van der Waals surface area (Å²) in [4.78, 5) is 36.3. The number of benzene rings is 3. The first-order valence-electron chi connectivity index (χ1n) is 11.9. The number of carbonyl (C=O) groups is 3. The van der Waals surface area contributed by atoms with Crippen LogP contribution in [0.2, 0.25) is 5.02 Å². The highest BCUT2D eigenvalue weighted by Crippen LogP contribution is 2.32. The van der Waals surface area contributed by atoms with Gasteiger partial charge in [-0.1, -0.05) is 29.8 Å². The van der Waals surface area contributed by atoms with Gasteiger partial charge in [0.05, 0.1) is 46.8 Å². The molecule has 10 heteroatoms. The van der Waals surface area contributed by atoms with Gasteiger partial charge in [0.2, 0.25) is 0 Å². The van der Waals surface area contributed by atoms with Crippen molar-refractivity contribution in [2.24, 2.45) is 5.10 Å². The maximum absolute atomic E-state index is 13.2. The summed E-state index contributed by atoms with van der Waals surface area (Å²) in [5, 5.41) is 14.9. The van der Waals surface area contributed by atoms with Crippen LogP contribution in [0.15, 0.2) is 71.3 Å². The number of hydrogen-bond donors (Lipinski definition) is 1. The first-order valence-corrected chi connectivity index (χ1v) is 12.3. The molecule has 0 saturated carbocycles. The Morgan fingerprint density at radius 2 is 1.77 bits per heavy atom. The van der Waals surface area contributed by atoms with Crippen LogP contribution in [-0.4, -0.2) is 42.4 Å². The summed E-state index contributed by atoms with van der Waals surface area (Å²) in [5.41, 5.74) is 2.99. The van der Waals surface area contributed by atoms with Gasteiger partial charge in [-0.2, -0.15) is 10.1 Å². The summed E-state index contributed by atoms with van der Waals surface area (Å²) < 4.78 is 16.5. The number of hydrogen-bond acceptors (Lipinski definition) is 7. The highest BCUT2D eigenvalue weighted by atomic mass is 35.5. The van der Waals surface area contributed by atoms with Crippen LogP contribution in [0.1, 0.15) is 45.7 Å². The number of anilines is 1. The standard InChI is InChI=1S/C29H25ClN2O7/c1-4-38-26-14-19(7-12-25(26)39-16-18-5-8-20(9-6-18)29(36)37-3)13-22-17(2)31-32(27(22)33)21-10-11-24(30)23(15-21)28(34)35/h5-15H,4,16H2,1-3H3,(H,34,35)/b22-13-. The monoisotopic (exact) mass is 548 g/mol. The summed E-state index contributed by atoms with van der Waals surface area (Å²) in [5.74, 6) is -0.996. The number of methoxy groups -OCH3 is 1. The van der Waals surface area contributed by atoms with Crippen LogP contribution in [-0.2, 0) is 16.1 Å². The molecule has 39 heavy (non-hydrogen) atoms. The molecule has 3 aromatic carbocycles. The van der Waals surface area contributed by atoms with E-state index in [9.17, 15) is 19.5 Å². The average Bonchev–Trinajstić information content (AvgIpc) is 3.21. The van der Waals surface area contributed by atoms with E-state index in [2.05, 4.69) is 5.10 Å². The largest absolute Gasteiger partial charge is 0.490 e. The van der Waals surface area contributed by atoms with E-state index in [4.69, 9.17) is 25.8 Å². The Morgan fingerprint density at radius 3 is 2.44 bits per heavy atom. The Labute approximate surface area is 229 Å². The molecule has 1 aliphatic heterocycles. The van der Waals surface area contributed by atoms with E-state index in [0.717, 1.165) is 10.6 Å². The zero-order valence-corrected chi connectivity index (χ0v) is 22.2. The third-order valence-electron chi connectivity index (χ3n) is 5.84. The van der Waals surface area contributed by atoms with Crippen LogP contribution in [0.3, 0.4) is 0 Å². The Balaban J connectivity index is 1.54. The van der Waals surface area contributed by atoms with Crippen molar-refractivity contribution in [3.05, 3.63) is 93.5 Å². The van der Waals surface area contributed by atoms with Crippen molar-refractivity contribution in [1.29, 1.82) is 0 Å². The number of carboxylic acid groups (broad SMARTS) is 1. The average molecular weight is 549 g/mol. The van der Waals surface area contributed by atoms with E-state index >= 15 is 0 Å². The zero-order valence-electron chi connectivity index (χ0n) is 21.4. The lowest BCUT2D eigenvalue weighted by molar-refractivity contribution is -0.114. The second-order valence-corrected chi connectivity index (χ2v) is 8.85. The van der Waals surface area contributed by atoms with Crippen molar-refractivity contribution in [3.63, 3.8) is 0 Å². The number of amides is 1. The number of aromatic carboxylic acids is 1. The molecule has 0 radical (unpaired) electrons. The molecule has 0 unspecified atom stereocenters. The van der Waals surface area contributed by atoms with Crippen LogP contribution < -0.4 is 14.5 Å². The Morgan fingerprint density at radius 1 is 1.03 bits per heavy atom. The van der Waals surface area contributed by atoms with E-state index in [0.29, 0.717) is 46.2 Å². The van der Waals surface area contributed by atoms with Crippen molar-refractivity contribution in [2.75, 3.05) is 18.7 Å². The van der Waals surface area contributed by atoms with Gasteiger partial charge < -0.3 is 19.3 Å². The molecular formula is C29H25ClN2O7. The van der Waals surface area contributed by atoms with Crippen molar-refractivity contribution >= 4 is 46.9 Å². The minimum Gasteiger partial charge on any atom is -0.490 e. The summed E-state index contributed by atoms with van der Waals surface area (Å²) in [6.45, 7) is 4.21. The van der Waals surface area contributed by atoms with Crippen molar-refractivity contribution < 1.29 is 33.7 Å². The second-order valence-electron chi connectivity index (χ2n) is 8.45. The Hall–Kier alpha value is -4.63. The van der Waals surface area contributed by atoms with E-state index in [1.165, 1.54) is 25.3 Å². The van der Waals surface area contributed by atoms with Gasteiger partial charge in [0.1, 0.15) is 6.61 Å². The van der Waals surface area contributed by atoms with Gasteiger partial charge in [0, 0.05) is 0 Å². The third kappa shape index (κ3) is 6.10. The fourth-order valence-electron chi connectivity index (χ4n) is 3.85. The van der Waals surface area contributed by atoms with Gasteiger partial charge in [0.25, 0.3) is 5.91 Å². The topological polar surface area (TPSA) is 115 Å². The van der Waals surface area contributed by atoms with E-state index in [-0.39, 0.29) is 17.2 Å². The molecule has 4 rings (SSSR count). The molecule has 1 aliphatic rings. The number of nitrogens with zero attached hydrogens (tertiary/aromatic N) is 2. The van der Waals surface area contributed by atoms with E-state index in [1.54, 1.807) is 55.5 Å². The van der Waals surface area contributed by atoms with Gasteiger partial charge in [-0.3, -0.25) is 4.79 Å². The normalized spacial score (nSPS) is 13.8. The molecule has 9 nitrogen and oxygen atoms in total. The maximum Gasteiger partial charge on any atom is 0.337 e. The minimum atomic E-state index is -1.20. The first-order chi connectivity index (χ1) is 18.7. The summed E-state index contributed by atoms with van der Waals surface area (Å²) >= 11 is 5.96. The molecule has 0 spiro atoms. The van der Waals surface area contributed by atoms with Crippen LogP contribution >= 0.6 is 11.6 Å². The molecule has 1 heterocycles. The predicted molar refractivity (Wildman–Crippen MR) is 147 cm³/mol. The first kappa shape index (κ1) is 27.4. The van der Waals surface area contributed by atoms with Gasteiger partial charge >= 0.3 is 11.9 Å². The Bertz CT molecular complexity index is 1500. The molecule has 0 saturated heterocycles. The van der Waals surface area contributed by atoms with Crippen molar-refractivity contribution in [3.8, 4) is 11.5 Å². The van der Waals surface area contributed by atoms with E-state index < -0.39 is 17.8 Å². The van der Waals surface area contributed by atoms with Crippen LogP contribution in [0.25, 0.3) is 6.08 Å². The molecule has 0 atom stereocenters. The summed E-state index contributed by atoms with van der Waals surface area (Å²) in [6, 6.07) is 16.5. The smallest absolute Gasteiger partial charge is 0.337 e. The zero-order chi connectivity index (χ0) is 28.1. The lowest BCUT2D eigenvalue weighted by Gasteiger charge is -2.14. The summed E-state index contributed by atoms with van der Waals surface area (Å²) in [7, 11) is 1.33. The molecule has 200 valence electrons. The second kappa shape index (κ2) is 11.8. The summed E-state index contributed by atoms with van der Waals surface area (Å²) in [6.07, 6.45) is 1.69. The maximum atomic E-state index is 13.2. The van der Waals surface area contributed by atoms with Crippen LogP contribution in [0, 0.1) is 0 Å². The fraction of sp³-hybridized carbons (Fsp3) is 0.172. The lowest BCUT2D eigenvalue weighted by atomic mass is 10.1. The molecule has 0 fully saturated rings. The van der Waals surface area contributed by atoms with Crippen molar-refractivity contribution in [1.82, 2.24) is 0 Å². The van der Waals surface area contributed by atoms with Crippen LogP contribution in [0.4, 0.5) is 5.69 Å². The molecule has 1 amide bonds. The molecule has 0 bridgehead atoms. The molecule has 1 N–H and O–H groups in total. The number of esters is 1. The number of hydrazone groups is 1. The van der Waals surface area contributed by atoms with Gasteiger partial charge in [-0.15, -0.1) is 0 Å². The molecular weight excluding hydrogens is 524 g/mol. The SMILES string of the molecule is CCOc1cc(/C=C2\C(=O)N(c3ccc(Cl)c(C(=O)O)c3)N=C2C)ccc1OCc1ccc(C(=O)OC)cc1. The minimum absolute atomic E-state index is 0.0679. The highest BCUT2D eigenvalue weighted by Gasteiger charge is 2.29. The number of carbonyl (C=O) groups excluding carboxylic acids is 2. The molecule has 0 aliphatic carbocycles. The molecule has 3 aromatic rings. The van der Waals surface area contributed by atoms with E-state index in [1.807, 2.05) is 6.92 Å². The molecule has 0 aromatic heterocycles. The quantitative estimate of drug-likeness (QED) is 0.273. The number of ether oxygens (including phenoxy) is 3. The fourth-order valence-corrected chi connectivity index (χ4v) is 4.05. The third-order valence-corrected chi connectivity index (χ3v) is 6.17. The van der Waals surface area contributed by atoms with Gasteiger partial charge in [-0.25, -0.2) is 9.59 Å². The van der Waals surface area contributed by atoms with Gasteiger partial charge in [0.15, 0.2) is 11.5 Å². The predicted octanol–water partition coefficient (Wildman–Crippen LogP) is 5.61.